The number of nitrogens with two attached hydrogens (primary N) is 1. The van der Waals surface area contributed by atoms with E-state index >= 15 is 0 Å². The molecule has 0 aliphatic carbocycles. The van der Waals surface area contributed by atoms with Crippen LogP contribution in [-0.4, -0.2) is 23.2 Å². The Morgan fingerprint density at radius 3 is 2.43 bits per heavy atom. The summed E-state index contributed by atoms with van der Waals surface area (Å²) in [7, 11) is 0. The SMILES string of the molecule is CCOC(=O)C(F)(F)[C@H](N)c1ccccc1SC(C)(C)C. The topological polar surface area (TPSA) is 52.3 Å². The Bertz CT molecular complexity index is 501. The molecule has 0 fully saturated rings. The average molecular weight is 317 g/mol. The molecule has 0 aliphatic heterocycles. The zero-order valence-electron chi connectivity index (χ0n) is 12.7. The number of carbonyl (C=O) groups excluding carboxylic acids is 1. The van der Waals surface area contributed by atoms with E-state index in [2.05, 4.69) is 4.74 Å². The molecule has 0 radical (unpaired) electrons. The van der Waals surface area contributed by atoms with Crippen LogP contribution in [0.15, 0.2) is 29.2 Å². The van der Waals surface area contributed by atoms with E-state index in [9.17, 15) is 13.6 Å². The number of halogens is 2. The maximum atomic E-state index is 14.1. The van der Waals surface area contributed by atoms with Crippen LogP contribution in [0.1, 0.15) is 39.3 Å². The van der Waals surface area contributed by atoms with Gasteiger partial charge in [0.1, 0.15) is 6.04 Å². The van der Waals surface area contributed by atoms with Crippen molar-refractivity contribution in [3.05, 3.63) is 29.8 Å². The Hall–Kier alpha value is -1.14. The second-order valence-electron chi connectivity index (χ2n) is 5.57. The van der Waals surface area contributed by atoms with Crippen molar-refractivity contribution in [1.29, 1.82) is 0 Å². The smallest absolute Gasteiger partial charge is 0.379 e. The van der Waals surface area contributed by atoms with E-state index in [-0.39, 0.29) is 16.9 Å². The molecule has 3 nitrogen and oxygen atoms in total. The summed E-state index contributed by atoms with van der Waals surface area (Å²) in [5.74, 6) is -5.35. The summed E-state index contributed by atoms with van der Waals surface area (Å²) in [4.78, 5) is 12.1. The van der Waals surface area contributed by atoms with Gasteiger partial charge in [-0.05, 0) is 18.6 Å². The van der Waals surface area contributed by atoms with Gasteiger partial charge in [0.2, 0.25) is 0 Å². The van der Waals surface area contributed by atoms with Crippen LogP contribution >= 0.6 is 11.8 Å². The molecule has 1 rings (SSSR count). The van der Waals surface area contributed by atoms with E-state index < -0.39 is 17.9 Å². The Balaban J connectivity index is 3.12. The van der Waals surface area contributed by atoms with Crippen LogP contribution in [0.25, 0.3) is 0 Å². The van der Waals surface area contributed by atoms with Gasteiger partial charge in [0.15, 0.2) is 0 Å². The van der Waals surface area contributed by atoms with Gasteiger partial charge >= 0.3 is 11.9 Å². The molecule has 0 bridgehead atoms. The van der Waals surface area contributed by atoms with Crippen LogP contribution in [0.5, 0.6) is 0 Å². The highest BCUT2D eigenvalue weighted by molar-refractivity contribution is 8.00. The third-order valence-corrected chi connectivity index (χ3v) is 3.81. The zero-order chi connectivity index (χ0) is 16.3. The van der Waals surface area contributed by atoms with Crippen molar-refractivity contribution >= 4 is 17.7 Å². The second kappa shape index (κ2) is 6.75. The largest absolute Gasteiger partial charge is 0.462 e. The molecule has 0 heterocycles. The molecule has 118 valence electrons. The fourth-order valence-corrected chi connectivity index (χ4v) is 2.83. The summed E-state index contributed by atoms with van der Waals surface area (Å²) in [5, 5.41) is 0. The van der Waals surface area contributed by atoms with Gasteiger partial charge in [-0.3, -0.25) is 0 Å². The molecule has 0 saturated carbocycles. The van der Waals surface area contributed by atoms with Gasteiger partial charge in [-0.25, -0.2) is 4.79 Å². The number of esters is 1. The van der Waals surface area contributed by atoms with Crippen molar-refractivity contribution in [2.45, 2.75) is 49.3 Å². The van der Waals surface area contributed by atoms with Crippen molar-refractivity contribution in [3.63, 3.8) is 0 Å². The predicted molar refractivity (Wildman–Crippen MR) is 80.6 cm³/mol. The lowest BCUT2D eigenvalue weighted by Crippen LogP contribution is -2.42. The molecular formula is C15H21F2NO2S. The van der Waals surface area contributed by atoms with Crippen molar-refractivity contribution in [3.8, 4) is 0 Å². The fourth-order valence-electron chi connectivity index (χ4n) is 1.71. The van der Waals surface area contributed by atoms with Crippen molar-refractivity contribution in [1.82, 2.24) is 0 Å². The van der Waals surface area contributed by atoms with E-state index in [1.54, 1.807) is 18.2 Å². The summed E-state index contributed by atoms with van der Waals surface area (Å²) in [6.07, 6.45) is 0. The quantitative estimate of drug-likeness (QED) is 0.663. The average Bonchev–Trinajstić information content (AvgIpc) is 2.37. The first-order valence-corrected chi connectivity index (χ1v) is 7.49. The standard InChI is InChI=1S/C15H21F2NO2S/c1-5-20-13(19)15(16,17)12(18)10-8-6-7-9-11(10)21-14(2,3)4/h6-9,12H,5,18H2,1-4H3/t12-/m1/s1. The van der Waals surface area contributed by atoms with E-state index in [0.717, 1.165) is 0 Å². The molecule has 0 aliphatic rings. The first kappa shape index (κ1) is 17.9. The van der Waals surface area contributed by atoms with Gasteiger partial charge in [-0.15, -0.1) is 11.8 Å². The minimum atomic E-state index is -3.76. The summed E-state index contributed by atoms with van der Waals surface area (Å²) in [5.41, 5.74) is 5.91. The number of benzene rings is 1. The van der Waals surface area contributed by atoms with Crippen molar-refractivity contribution in [2.24, 2.45) is 5.73 Å². The first-order valence-electron chi connectivity index (χ1n) is 6.68. The zero-order valence-corrected chi connectivity index (χ0v) is 13.5. The highest BCUT2D eigenvalue weighted by Gasteiger charge is 2.48. The third-order valence-electron chi connectivity index (χ3n) is 2.61. The number of ether oxygens (including phenoxy) is 1. The normalized spacial score (nSPS) is 13.9. The molecule has 0 saturated heterocycles. The number of hydrogen-bond acceptors (Lipinski definition) is 4. The number of thioether (sulfide) groups is 1. The molecule has 0 amide bonds. The maximum Gasteiger partial charge on any atom is 0.379 e. The first-order chi connectivity index (χ1) is 9.59. The number of carbonyl (C=O) groups is 1. The Labute approximate surface area is 128 Å². The van der Waals surface area contributed by atoms with Crippen LogP contribution in [-0.2, 0) is 9.53 Å². The lowest BCUT2D eigenvalue weighted by Gasteiger charge is -2.26. The van der Waals surface area contributed by atoms with Crippen molar-refractivity contribution in [2.75, 3.05) is 6.61 Å². The highest BCUT2D eigenvalue weighted by atomic mass is 32.2. The summed E-state index contributed by atoms with van der Waals surface area (Å²) in [6.45, 7) is 7.29. The molecule has 6 heteroatoms. The monoisotopic (exact) mass is 317 g/mol. The number of hydrogen-bond donors (Lipinski definition) is 1. The van der Waals surface area contributed by atoms with E-state index in [1.165, 1.54) is 24.8 Å². The summed E-state index contributed by atoms with van der Waals surface area (Å²) < 4.78 is 32.4. The molecule has 21 heavy (non-hydrogen) atoms. The van der Waals surface area contributed by atoms with E-state index in [4.69, 9.17) is 5.73 Å². The lowest BCUT2D eigenvalue weighted by molar-refractivity contribution is -0.174. The van der Waals surface area contributed by atoms with Crippen LogP contribution in [0, 0.1) is 0 Å². The Morgan fingerprint density at radius 1 is 1.33 bits per heavy atom. The molecule has 0 unspecified atom stereocenters. The van der Waals surface area contributed by atoms with Crippen LogP contribution < -0.4 is 5.73 Å². The second-order valence-corrected chi connectivity index (χ2v) is 7.44. The van der Waals surface area contributed by atoms with Gasteiger partial charge in [0, 0.05) is 9.64 Å². The van der Waals surface area contributed by atoms with Crippen LogP contribution in [0.4, 0.5) is 8.78 Å². The Kier molecular flexibility index (Phi) is 5.75. The van der Waals surface area contributed by atoms with Crippen LogP contribution in [0.3, 0.4) is 0 Å². The number of alkyl halides is 2. The summed E-state index contributed by atoms with van der Waals surface area (Å²) in [6, 6.07) is 4.90. The van der Waals surface area contributed by atoms with Gasteiger partial charge in [0.05, 0.1) is 6.61 Å². The van der Waals surface area contributed by atoms with Gasteiger partial charge < -0.3 is 10.5 Å². The molecule has 0 aromatic heterocycles. The number of rotatable bonds is 5. The fraction of sp³-hybridized carbons (Fsp3) is 0.533. The molecular weight excluding hydrogens is 296 g/mol. The minimum absolute atomic E-state index is 0.112. The van der Waals surface area contributed by atoms with Crippen molar-refractivity contribution < 1.29 is 18.3 Å². The summed E-state index contributed by atoms with van der Waals surface area (Å²) >= 11 is 1.43. The van der Waals surface area contributed by atoms with Crippen LogP contribution in [0.2, 0.25) is 0 Å². The maximum absolute atomic E-state index is 14.1. The minimum Gasteiger partial charge on any atom is -0.462 e. The van der Waals surface area contributed by atoms with E-state index in [0.29, 0.717) is 4.90 Å². The predicted octanol–water partition coefficient (Wildman–Crippen LogP) is 3.78. The Morgan fingerprint density at radius 2 is 1.90 bits per heavy atom. The van der Waals surface area contributed by atoms with Gasteiger partial charge in [-0.2, -0.15) is 8.78 Å². The van der Waals surface area contributed by atoms with Gasteiger partial charge in [-0.1, -0.05) is 39.0 Å². The molecule has 1 aromatic carbocycles. The molecule has 2 N–H and O–H groups in total. The lowest BCUT2D eigenvalue weighted by atomic mass is 10.0. The van der Waals surface area contributed by atoms with Gasteiger partial charge in [0.25, 0.3) is 0 Å². The highest BCUT2D eigenvalue weighted by Crippen LogP contribution is 2.40. The molecule has 1 aromatic rings. The molecule has 1 atom stereocenters. The third kappa shape index (κ3) is 4.68. The molecule has 0 spiro atoms. The van der Waals surface area contributed by atoms with E-state index in [1.807, 2.05) is 20.8 Å².